The number of pyridine rings is 1. The molecule has 0 aliphatic carbocycles. The van der Waals surface area contributed by atoms with E-state index in [1.165, 1.54) is 5.56 Å². The van der Waals surface area contributed by atoms with Crippen LogP contribution in [0.3, 0.4) is 0 Å². The normalized spacial score (nSPS) is 14.1. The average Bonchev–Trinajstić information content (AvgIpc) is 2.79. The first kappa shape index (κ1) is 19.8. The van der Waals surface area contributed by atoms with Crippen molar-refractivity contribution in [1.82, 2.24) is 15.0 Å². The van der Waals surface area contributed by atoms with E-state index in [0.717, 1.165) is 30.2 Å². The van der Waals surface area contributed by atoms with Gasteiger partial charge in [-0.15, -0.1) is 0 Å². The van der Waals surface area contributed by atoms with Crippen molar-refractivity contribution in [1.29, 1.82) is 0 Å². The molecule has 1 aliphatic heterocycles. The van der Waals surface area contributed by atoms with Gasteiger partial charge in [0.1, 0.15) is 5.82 Å². The van der Waals surface area contributed by atoms with Gasteiger partial charge < -0.3 is 15.0 Å². The lowest BCUT2D eigenvalue weighted by atomic mass is 10.2. The largest absolute Gasteiger partial charge is 0.378 e. The Balaban J connectivity index is 1.51. The molecule has 0 bridgehead atoms. The number of benzene rings is 1. The maximum absolute atomic E-state index is 5.46. The number of ether oxygens (including phenoxy) is 1. The van der Waals surface area contributed by atoms with Crippen LogP contribution in [0.1, 0.15) is 16.8 Å². The lowest BCUT2D eigenvalue weighted by molar-refractivity contribution is 0.122. The van der Waals surface area contributed by atoms with Crippen LogP contribution in [0, 0.1) is 6.92 Å². The lowest BCUT2D eigenvalue weighted by Gasteiger charge is -2.28. The highest BCUT2D eigenvalue weighted by molar-refractivity contribution is 5.80. The van der Waals surface area contributed by atoms with Gasteiger partial charge in [-0.2, -0.15) is 15.1 Å². The number of aryl methyl sites for hydroxylation is 1. The van der Waals surface area contributed by atoms with Gasteiger partial charge in [-0.3, -0.25) is 10.4 Å². The zero-order valence-corrected chi connectivity index (χ0v) is 17.0. The van der Waals surface area contributed by atoms with Crippen LogP contribution >= 0.6 is 0 Å². The van der Waals surface area contributed by atoms with E-state index in [1.54, 1.807) is 12.4 Å². The van der Waals surface area contributed by atoms with Crippen molar-refractivity contribution < 1.29 is 4.74 Å². The van der Waals surface area contributed by atoms with Gasteiger partial charge in [-0.25, -0.2) is 0 Å². The summed E-state index contributed by atoms with van der Waals surface area (Å²) < 4.78 is 5.46. The molecule has 4 rings (SSSR count). The zero-order chi connectivity index (χ0) is 20.6. The van der Waals surface area contributed by atoms with Crippen molar-refractivity contribution >= 4 is 23.8 Å². The Hall–Kier alpha value is -3.52. The van der Waals surface area contributed by atoms with E-state index in [-0.39, 0.29) is 0 Å². The van der Waals surface area contributed by atoms with Crippen molar-refractivity contribution in [3.63, 3.8) is 0 Å². The Bertz CT molecular complexity index is 988. The molecule has 0 unspecified atom stereocenters. The number of nitrogens with zero attached hydrogens (tertiary/aromatic N) is 5. The number of morpholine rings is 1. The summed E-state index contributed by atoms with van der Waals surface area (Å²) in [6.45, 7) is 5.57. The monoisotopic (exact) mass is 403 g/mol. The molecule has 0 radical (unpaired) electrons. The second-order valence-corrected chi connectivity index (χ2v) is 6.99. The SMILES string of the molecule is Cc1cccc(/C=N/Nc2cc(N3CCOCC3)nc(NCc3ccccn3)n2)c1. The van der Waals surface area contributed by atoms with Gasteiger partial charge in [-0.05, 0) is 24.6 Å². The Labute approximate surface area is 176 Å². The molecule has 2 N–H and O–H groups in total. The fourth-order valence-electron chi connectivity index (χ4n) is 3.12. The van der Waals surface area contributed by atoms with Crippen LogP contribution in [0.2, 0.25) is 0 Å². The van der Waals surface area contributed by atoms with Crippen LogP contribution < -0.4 is 15.6 Å². The van der Waals surface area contributed by atoms with E-state index < -0.39 is 0 Å². The van der Waals surface area contributed by atoms with Gasteiger partial charge in [0.05, 0.1) is 31.7 Å². The van der Waals surface area contributed by atoms with Gasteiger partial charge in [0.15, 0.2) is 5.82 Å². The molecule has 0 amide bonds. The first-order valence-corrected chi connectivity index (χ1v) is 9.97. The Kier molecular flexibility index (Phi) is 6.46. The molecule has 2 aromatic heterocycles. The van der Waals surface area contributed by atoms with Crippen LogP contribution in [0.5, 0.6) is 0 Å². The first-order chi connectivity index (χ1) is 14.8. The Morgan fingerprint density at radius 1 is 1.10 bits per heavy atom. The molecule has 1 fully saturated rings. The van der Waals surface area contributed by atoms with Crippen molar-refractivity contribution in [3.05, 3.63) is 71.5 Å². The van der Waals surface area contributed by atoms with Crippen LogP contribution in [0.4, 0.5) is 17.6 Å². The van der Waals surface area contributed by atoms with Crippen molar-refractivity contribution in [3.8, 4) is 0 Å². The van der Waals surface area contributed by atoms with Gasteiger partial charge >= 0.3 is 0 Å². The molecule has 0 saturated carbocycles. The van der Waals surface area contributed by atoms with Crippen molar-refractivity contribution in [2.45, 2.75) is 13.5 Å². The highest BCUT2D eigenvalue weighted by Gasteiger charge is 2.15. The second-order valence-electron chi connectivity index (χ2n) is 6.99. The number of hydrazone groups is 1. The maximum atomic E-state index is 5.46. The third kappa shape index (κ3) is 5.51. The molecule has 154 valence electrons. The van der Waals surface area contributed by atoms with Crippen molar-refractivity contribution in [2.24, 2.45) is 5.10 Å². The molecule has 3 heterocycles. The minimum Gasteiger partial charge on any atom is -0.378 e. The summed E-state index contributed by atoms with van der Waals surface area (Å²) >= 11 is 0. The smallest absolute Gasteiger partial charge is 0.227 e. The summed E-state index contributed by atoms with van der Waals surface area (Å²) in [4.78, 5) is 15.8. The predicted octanol–water partition coefficient (Wildman–Crippen LogP) is 3.07. The van der Waals surface area contributed by atoms with E-state index >= 15 is 0 Å². The van der Waals surface area contributed by atoms with Crippen molar-refractivity contribution in [2.75, 3.05) is 41.9 Å². The van der Waals surface area contributed by atoms with Gasteiger partial charge in [0.2, 0.25) is 5.95 Å². The summed E-state index contributed by atoms with van der Waals surface area (Å²) in [5, 5.41) is 7.61. The fraction of sp³-hybridized carbons (Fsp3) is 0.273. The van der Waals surface area contributed by atoms with Crippen LogP contribution in [0.15, 0.2) is 59.8 Å². The molecular weight excluding hydrogens is 378 g/mol. The number of rotatable bonds is 7. The van der Waals surface area contributed by atoms with E-state index in [1.807, 2.05) is 36.4 Å². The maximum Gasteiger partial charge on any atom is 0.227 e. The highest BCUT2D eigenvalue weighted by Crippen LogP contribution is 2.20. The van der Waals surface area contributed by atoms with E-state index in [0.29, 0.717) is 31.5 Å². The van der Waals surface area contributed by atoms with Crippen LogP contribution in [0.25, 0.3) is 0 Å². The number of hydrogen-bond donors (Lipinski definition) is 2. The highest BCUT2D eigenvalue weighted by atomic mass is 16.5. The summed E-state index contributed by atoms with van der Waals surface area (Å²) in [5.74, 6) is 1.99. The number of aromatic nitrogens is 3. The third-order valence-corrected chi connectivity index (χ3v) is 4.64. The van der Waals surface area contributed by atoms with Gasteiger partial charge in [0.25, 0.3) is 0 Å². The topological polar surface area (TPSA) is 87.6 Å². The molecule has 8 nitrogen and oxygen atoms in total. The zero-order valence-electron chi connectivity index (χ0n) is 17.0. The number of hydrogen-bond acceptors (Lipinski definition) is 8. The lowest BCUT2D eigenvalue weighted by Crippen LogP contribution is -2.37. The Morgan fingerprint density at radius 2 is 2.00 bits per heavy atom. The predicted molar refractivity (Wildman–Crippen MR) is 119 cm³/mol. The summed E-state index contributed by atoms with van der Waals surface area (Å²) in [7, 11) is 0. The van der Waals surface area contributed by atoms with E-state index in [9.17, 15) is 0 Å². The van der Waals surface area contributed by atoms with Crippen LogP contribution in [-0.2, 0) is 11.3 Å². The molecule has 1 aromatic carbocycles. The first-order valence-electron chi connectivity index (χ1n) is 9.97. The van der Waals surface area contributed by atoms with Crippen LogP contribution in [-0.4, -0.2) is 47.5 Å². The standard InChI is InChI=1S/C22H25N7O/c1-17-5-4-6-18(13-17)15-25-28-20-14-21(29-9-11-30-12-10-29)27-22(26-20)24-16-19-7-2-3-8-23-19/h2-8,13-15H,9-12,16H2,1H3,(H2,24,26,27,28)/b25-15+. The van der Waals surface area contributed by atoms with Gasteiger partial charge in [0, 0.05) is 25.4 Å². The summed E-state index contributed by atoms with van der Waals surface area (Å²) in [6, 6.07) is 15.9. The second kappa shape index (κ2) is 9.80. The quantitative estimate of drug-likeness (QED) is 0.463. The summed E-state index contributed by atoms with van der Waals surface area (Å²) in [5.41, 5.74) is 6.17. The molecule has 30 heavy (non-hydrogen) atoms. The molecule has 1 saturated heterocycles. The molecule has 0 spiro atoms. The van der Waals surface area contributed by atoms with E-state index in [2.05, 4.69) is 54.8 Å². The van der Waals surface area contributed by atoms with E-state index in [4.69, 9.17) is 4.74 Å². The molecule has 0 atom stereocenters. The molecular formula is C22H25N7O. The third-order valence-electron chi connectivity index (χ3n) is 4.64. The minimum atomic E-state index is 0.526. The number of anilines is 3. The average molecular weight is 403 g/mol. The van der Waals surface area contributed by atoms with Gasteiger partial charge in [-0.1, -0.05) is 35.9 Å². The Morgan fingerprint density at radius 3 is 2.80 bits per heavy atom. The molecule has 8 heteroatoms. The fourth-order valence-corrected chi connectivity index (χ4v) is 3.12. The molecule has 3 aromatic rings. The summed E-state index contributed by atoms with van der Waals surface area (Å²) in [6.07, 6.45) is 3.56. The number of nitrogens with one attached hydrogen (secondary N) is 2. The minimum absolute atomic E-state index is 0.526. The molecule has 1 aliphatic rings.